The minimum absolute atomic E-state index is 0.00647. The van der Waals surface area contributed by atoms with Crippen LogP contribution in [0.4, 0.5) is 5.95 Å². The summed E-state index contributed by atoms with van der Waals surface area (Å²) in [6.45, 7) is 2.62. The van der Waals surface area contributed by atoms with Gasteiger partial charge >= 0.3 is 5.97 Å². The maximum absolute atomic E-state index is 12.4. The van der Waals surface area contributed by atoms with Gasteiger partial charge in [0.25, 0.3) is 5.91 Å². The zero-order valence-electron chi connectivity index (χ0n) is 11.1. The minimum Gasteiger partial charge on any atom is -0.481 e. The maximum atomic E-state index is 12.4. The molecule has 1 fully saturated rings. The van der Waals surface area contributed by atoms with Crippen molar-refractivity contribution in [1.82, 2.24) is 20.1 Å². The third-order valence-electron chi connectivity index (χ3n) is 3.20. The summed E-state index contributed by atoms with van der Waals surface area (Å²) in [6.07, 6.45) is 0.693. The zero-order valence-corrected chi connectivity index (χ0v) is 11.1. The van der Waals surface area contributed by atoms with Crippen LogP contribution in [0, 0.1) is 5.92 Å². The molecule has 1 aliphatic heterocycles. The van der Waals surface area contributed by atoms with Crippen molar-refractivity contribution in [3.63, 3.8) is 0 Å². The summed E-state index contributed by atoms with van der Waals surface area (Å²) in [6, 6.07) is -0.508. The fourth-order valence-electron chi connectivity index (χ4n) is 2.25. The van der Waals surface area contributed by atoms with Crippen molar-refractivity contribution in [2.75, 3.05) is 25.5 Å². The lowest BCUT2D eigenvalue weighted by molar-refractivity contribution is -0.142. The quantitative estimate of drug-likeness (QED) is 0.652. The van der Waals surface area contributed by atoms with E-state index in [4.69, 9.17) is 10.5 Å². The molecule has 110 valence electrons. The van der Waals surface area contributed by atoms with E-state index in [-0.39, 0.29) is 25.0 Å². The number of amides is 1. The molecule has 2 unspecified atom stereocenters. The second-order valence-corrected chi connectivity index (χ2v) is 4.59. The molecule has 0 saturated carbocycles. The van der Waals surface area contributed by atoms with E-state index in [0.717, 1.165) is 0 Å². The molecule has 0 aliphatic carbocycles. The fraction of sp³-hybridized carbons (Fsp3) is 0.636. The lowest BCUT2D eigenvalue weighted by atomic mass is 10.0. The van der Waals surface area contributed by atoms with E-state index in [0.29, 0.717) is 13.0 Å². The first-order valence-electron chi connectivity index (χ1n) is 6.34. The van der Waals surface area contributed by atoms with Gasteiger partial charge < -0.3 is 20.5 Å². The third kappa shape index (κ3) is 2.72. The normalized spacial score (nSPS) is 21.9. The number of carboxylic acid groups (broad SMARTS) is 1. The molecule has 1 saturated heterocycles. The summed E-state index contributed by atoms with van der Waals surface area (Å²) in [7, 11) is 0. The largest absolute Gasteiger partial charge is 0.481 e. The minimum atomic E-state index is -0.974. The summed E-state index contributed by atoms with van der Waals surface area (Å²) in [4.78, 5) is 28.9. The lowest BCUT2D eigenvalue weighted by Gasteiger charge is -2.29. The number of nitrogen functional groups attached to an aromatic ring is 1. The second kappa shape index (κ2) is 5.87. The average Bonchev–Trinajstić information content (AvgIpc) is 3.03. The van der Waals surface area contributed by atoms with Crippen LogP contribution in [-0.2, 0) is 9.53 Å². The van der Waals surface area contributed by atoms with Crippen molar-refractivity contribution in [2.45, 2.75) is 19.4 Å². The summed E-state index contributed by atoms with van der Waals surface area (Å²) in [5, 5.41) is 15.2. The first-order chi connectivity index (χ1) is 9.54. The Hall–Kier alpha value is -2.16. The van der Waals surface area contributed by atoms with Crippen LogP contribution in [-0.4, -0.2) is 62.9 Å². The number of nitrogens with zero attached hydrogens (tertiary/aromatic N) is 3. The van der Waals surface area contributed by atoms with Crippen LogP contribution in [0.3, 0.4) is 0 Å². The average molecular weight is 283 g/mol. The van der Waals surface area contributed by atoms with Crippen molar-refractivity contribution in [3.05, 3.63) is 5.82 Å². The molecule has 0 radical (unpaired) electrons. The standard InChI is InChI=1S/C11H17N5O4/c1-2-3-16(7-5-20-4-6(7)10(18)19)9(17)8-13-11(12)15-14-8/h6-7H,2-5H2,1H3,(H,18,19)(H3,12,13,14,15). The van der Waals surface area contributed by atoms with Gasteiger partial charge in [-0.15, -0.1) is 5.10 Å². The molecule has 1 aliphatic rings. The summed E-state index contributed by atoms with van der Waals surface area (Å²) in [5.41, 5.74) is 5.38. The highest BCUT2D eigenvalue weighted by molar-refractivity contribution is 5.91. The number of carbonyl (C=O) groups is 2. The van der Waals surface area contributed by atoms with Gasteiger partial charge in [-0.1, -0.05) is 6.92 Å². The van der Waals surface area contributed by atoms with Crippen LogP contribution < -0.4 is 5.73 Å². The van der Waals surface area contributed by atoms with Gasteiger partial charge in [0.15, 0.2) is 0 Å². The molecule has 1 aromatic rings. The molecule has 1 aromatic heterocycles. The first-order valence-corrected chi connectivity index (χ1v) is 6.34. The van der Waals surface area contributed by atoms with Gasteiger partial charge in [0.2, 0.25) is 11.8 Å². The molecule has 4 N–H and O–H groups in total. The van der Waals surface area contributed by atoms with Gasteiger partial charge in [-0.25, -0.2) is 0 Å². The zero-order chi connectivity index (χ0) is 14.7. The number of nitrogens with two attached hydrogens (primary N) is 1. The fourth-order valence-corrected chi connectivity index (χ4v) is 2.25. The number of anilines is 1. The number of aromatic nitrogens is 3. The van der Waals surface area contributed by atoms with Gasteiger partial charge in [0.05, 0.1) is 19.3 Å². The summed E-state index contributed by atoms with van der Waals surface area (Å²) in [5.74, 6) is -2.14. The number of rotatable bonds is 5. The van der Waals surface area contributed by atoms with Gasteiger partial charge in [0.1, 0.15) is 5.92 Å². The number of aromatic amines is 1. The Morgan fingerprint density at radius 3 is 2.85 bits per heavy atom. The predicted molar refractivity (Wildman–Crippen MR) is 67.9 cm³/mol. The first kappa shape index (κ1) is 14.3. The number of carbonyl (C=O) groups excluding carboxylic acids is 1. The molecule has 0 aromatic carbocycles. The number of carboxylic acids is 1. The predicted octanol–water partition coefficient (Wildman–Crippen LogP) is -0.661. The number of hydrogen-bond donors (Lipinski definition) is 3. The van der Waals surface area contributed by atoms with Crippen LogP contribution in [0.15, 0.2) is 0 Å². The van der Waals surface area contributed by atoms with Crippen LogP contribution in [0.25, 0.3) is 0 Å². The van der Waals surface area contributed by atoms with Crippen LogP contribution in [0.2, 0.25) is 0 Å². The van der Waals surface area contributed by atoms with E-state index in [2.05, 4.69) is 15.2 Å². The van der Waals surface area contributed by atoms with E-state index in [9.17, 15) is 14.7 Å². The van der Waals surface area contributed by atoms with Crippen molar-refractivity contribution in [1.29, 1.82) is 0 Å². The van der Waals surface area contributed by atoms with Gasteiger partial charge in [0, 0.05) is 6.54 Å². The van der Waals surface area contributed by atoms with E-state index in [1.54, 1.807) is 0 Å². The van der Waals surface area contributed by atoms with Gasteiger partial charge in [-0.05, 0) is 6.42 Å². The molecule has 2 rings (SSSR count). The molecule has 20 heavy (non-hydrogen) atoms. The number of nitrogens with one attached hydrogen (secondary N) is 1. The highest BCUT2D eigenvalue weighted by Gasteiger charge is 2.40. The van der Waals surface area contributed by atoms with Crippen molar-refractivity contribution >= 4 is 17.8 Å². The van der Waals surface area contributed by atoms with Crippen molar-refractivity contribution in [3.8, 4) is 0 Å². The molecule has 0 bridgehead atoms. The molecule has 2 heterocycles. The Bertz CT molecular complexity index is 503. The Labute approximate surface area is 115 Å². The Morgan fingerprint density at radius 2 is 2.30 bits per heavy atom. The highest BCUT2D eigenvalue weighted by atomic mass is 16.5. The highest BCUT2D eigenvalue weighted by Crippen LogP contribution is 2.21. The van der Waals surface area contributed by atoms with Crippen molar-refractivity contribution in [2.24, 2.45) is 5.92 Å². The van der Waals surface area contributed by atoms with Crippen LogP contribution in [0.1, 0.15) is 24.0 Å². The molecule has 1 amide bonds. The Morgan fingerprint density at radius 1 is 1.55 bits per heavy atom. The number of ether oxygens (including phenoxy) is 1. The van der Waals surface area contributed by atoms with Crippen LogP contribution >= 0.6 is 0 Å². The van der Waals surface area contributed by atoms with E-state index >= 15 is 0 Å². The molecule has 9 nitrogen and oxygen atoms in total. The number of hydrogen-bond acceptors (Lipinski definition) is 6. The smallest absolute Gasteiger partial charge is 0.311 e. The maximum Gasteiger partial charge on any atom is 0.311 e. The van der Waals surface area contributed by atoms with Crippen LogP contribution in [0.5, 0.6) is 0 Å². The second-order valence-electron chi connectivity index (χ2n) is 4.59. The number of aliphatic carboxylic acids is 1. The van der Waals surface area contributed by atoms with Gasteiger partial charge in [-0.3, -0.25) is 14.7 Å². The Balaban J connectivity index is 2.22. The molecular formula is C11H17N5O4. The molecule has 0 spiro atoms. The summed E-state index contributed by atoms with van der Waals surface area (Å²) < 4.78 is 5.20. The van der Waals surface area contributed by atoms with E-state index < -0.39 is 23.8 Å². The topological polar surface area (TPSA) is 134 Å². The van der Waals surface area contributed by atoms with E-state index in [1.165, 1.54) is 4.90 Å². The van der Waals surface area contributed by atoms with Gasteiger partial charge in [-0.2, -0.15) is 4.98 Å². The van der Waals surface area contributed by atoms with E-state index in [1.807, 2.05) is 6.92 Å². The molecule has 9 heteroatoms. The monoisotopic (exact) mass is 283 g/mol. The SMILES string of the molecule is CCCN(C(=O)c1nc(N)n[nH]1)C1COCC1C(=O)O. The molecular weight excluding hydrogens is 266 g/mol. The molecule has 2 atom stereocenters. The third-order valence-corrected chi connectivity index (χ3v) is 3.20. The Kier molecular flexibility index (Phi) is 4.18. The summed E-state index contributed by atoms with van der Waals surface area (Å²) >= 11 is 0. The van der Waals surface area contributed by atoms with Crippen molar-refractivity contribution < 1.29 is 19.4 Å². The number of H-pyrrole nitrogens is 1. The lowest BCUT2D eigenvalue weighted by Crippen LogP contribution is -2.47.